The Bertz CT molecular complexity index is 851. The van der Waals surface area contributed by atoms with E-state index in [0.717, 1.165) is 5.69 Å². The van der Waals surface area contributed by atoms with Crippen molar-refractivity contribution in [3.63, 3.8) is 0 Å². The van der Waals surface area contributed by atoms with Crippen molar-refractivity contribution in [1.29, 1.82) is 0 Å². The van der Waals surface area contributed by atoms with E-state index in [9.17, 15) is 4.79 Å². The number of nitrogens with zero attached hydrogens (tertiary/aromatic N) is 2. The zero-order valence-electron chi connectivity index (χ0n) is 14.4. The maximum Gasteiger partial charge on any atom is 0.270 e. The fourth-order valence-corrected chi connectivity index (χ4v) is 2.44. The Morgan fingerprint density at radius 1 is 1.20 bits per heavy atom. The van der Waals surface area contributed by atoms with Crippen LogP contribution >= 0.6 is 11.6 Å². The average molecular weight is 358 g/mol. The monoisotopic (exact) mass is 357 g/mol. The number of carbonyl (C=O) groups is 1. The molecule has 1 atom stereocenters. The molecule has 0 aliphatic heterocycles. The van der Waals surface area contributed by atoms with Crippen molar-refractivity contribution in [3.05, 3.63) is 59.4 Å². The third kappa shape index (κ3) is 3.77. The van der Waals surface area contributed by atoms with Crippen LogP contribution in [0.25, 0.3) is 17.1 Å². The lowest BCUT2D eigenvalue weighted by Gasteiger charge is -2.17. The Balaban J connectivity index is 2.02. The Hall–Kier alpha value is -2.53. The van der Waals surface area contributed by atoms with Crippen LogP contribution in [0, 0.1) is 5.92 Å². The molecule has 25 heavy (non-hydrogen) atoms. The maximum absolute atomic E-state index is 12.8. The third-order valence-electron chi connectivity index (χ3n) is 4.15. The van der Waals surface area contributed by atoms with Gasteiger partial charge in [-0.2, -0.15) is 5.10 Å². The lowest BCUT2D eigenvalue weighted by molar-refractivity contribution is 0.0922. The van der Waals surface area contributed by atoms with E-state index >= 15 is 0 Å². The summed E-state index contributed by atoms with van der Waals surface area (Å²) in [6.07, 6.45) is 1.58. The second-order valence-corrected chi connectivity index (χ2v) is 6.72. The van der Waals surface area contributed by atoms with Gasteiger partial charge in [0.25, 0.3) is 5.91 Å². The van der Waals surface area contributed by atoms with Crippen LogP contribution < -0.4 is 5.32 Å². The van der Waals surface area contributed by atoms with Gasteiger partial charge in [-0.25, -0.2) is 4.68 Å². The summed E-state index contributed by atoms with van der Waals surface area (Å²) >= 11 is 5.97. The summed E-state index contributed by atoms with van der Waals surface area (Å²) in [5.41, 5.74) is 1.80. The van der Waals surface area contributed by atoms with Gasteiger partial charge < -0.3 is 9.73 Å². The Morgan fingerprint density at radius 3 is 2.52 bits per heavy atom. The van der Waals surface area contributed by atoms with E-state index in [1.807, 2.05) is 25.1 Å². The van der Waals surface area contributed by atoms with Crippen LogP contribution in [0.4, 0.5) is 0 Å². The van der Waals surface area contributed by atoms with Gasteiger partial charge in [-0.15, -0.1) is 0 Å². The van der Waals surface area contributed by atoms with Crippen molar-refractivity contribution in [3.8, 4) is 17.1 Å². The average Bonchev–Trinajstić information content (AvgIpc) is 3.24. The first-order valence-corrected chi connectivity index (χ1v) is 8.54. The number of rotatable bonds is 5. The third-order valence-corrected chi connectivity index (χ3v) is 4.40. The van der Waals surface area contributed by atoms with Crippen molar-refractivity contribution < 1.29 is 9.21 Å². The summed E-state index contributed by atoms with van der Waals surface area (Å²) in [5, 5.41) is 8.19. The summed E-state index contributed by atoms with van der Waals surface area (Å²) in [6, 6.07) is 12.6. The molecule has 1 aromatic carbocycles. The number of halogens is 1. The lowest BCUT2D eigenvalue weighted by Crippen LogP contribution is -2.37. The fraction of sp³-hybridized carbons (Fsp3) is 0.263. The van der Waals surface area contributed by atoms with E-state index in [-0.39, 0.29) is 11.9 Å². The smallest absolute Gasteiger partial charge is 0.270 e. The molecule has 2 heterocycles. The molecule has 1 N–H and O–H groups in total. The van der Waals surface area contributed by atoms with Gasteiger partial charge in [0.15, 0.2) is 5.76 Å². The molecule has 0 bridgehead atoms. The van der Waals surface area contributed by atoms with Gasteiger partial charge in [-0.1, -0.05) is 25.4 Å². The predicted molar refractivity (Wildman–Crippen MR) is 98.0 cm³/mol. The van der Waals surface area contributed by atoms with E-state index in [1.54, 1.807) is 35.2 Å². The van der Waals surface area contributed by atoms with Crippen LogP contribution in [-0.4, -0.2) is 21.7 Å². The van der Waals surface area contributed by atoms with Crippen LogP contribution in [0.1, 0.15) is 31.3 Å². The quantitative estimate of drug-likeness (QED) is 0.728. The predicted octanol–water partition coefficient (Wildman–Crippen LogP) is 4.56. The van der Waals surface area contributed by atoms with Gasteiger partial charge in [-0.3, -0.25) is 4.79 Å². The number of furan rings is 1. The van der Waals surface area contributed by atoms with E-state index in [4.69, 9.17) is 16.0 Å². The molecule has 1 unspecified atom stereocenters. The van der Waals surface area contributed by atoms with Gasteiger partial charge in [0.05, 0.1) is 12.0 Å². The zero-order valence-corrected chi connectivity index (χ0v) is 15.1. The normalized spacial score (nSPS) is 12.4. The van der Waals surface area contributed by atoms with Gasteiger partial charge in [0.2, 0.25) is 0 Å². The minimum Gasteiger partial charge on any atom is -0.463 e. The topological polar surface area (TPSA) is 60.1 Å². The summed E-state index contributed by atoms with van der Waals surface area (Å²) in [4.78, 5) is 12.8. The Labute approximate surface area is 151 Å². The highest BCUT2D eigenvalue weighted by Crippen LogP contribution is 2.23. The molecular weight excluding hydrogens is 338 g/mol. The number of nitrogens with one attached hydrogen (secondary N) is 1. The molecule has 5 nitrogen and oxygen atoms in total. The molecule has 0 aliphatic rings. The van der Waals surface area contributed by atoms with Gasteiger partial charge >= 0.3 is 0 Å². The highest BCUT2D eigenvalue weighted by molar-refractivity contribution is 6.30. The summed E-state index contributed by atoms with van der Waals surface area (Å²) in [5.74, 6) is 0.764. The molecule has 0 saturated carbocycles. The largest absolute Gasteiger partial charge is 0.463 e. The van der Waals surface area contributed by atoms with Crippen LogP contribution in [0.3, 0.4) is 0 Å². The van der Waals surface area contributed by atoms with Crippen LogP contribution in [0.15, 0.2) is 53.1 Å². The summed E-state index contributed by atoms with van der Waals surface area (Å²) in [6.45, 7) is 6.12. The standard InChI is InChI=1S/C19H20ClN3O2/c1-12(2)13(3)21-19(24)17-11-16(18-5-4-10-25-18)22-23(17)15-8-6-14(20)7-9-15/h4-13H,1-3H3,(H,21,24). The second-order valence-electron chi connectivity index (χ2n) is 6.29. The number of amides is 1. The Kier molecular flexibility index (Phi) is 4.95. The van der Waals surface area contributed by atoms with Gasteiger partial charge in [-0.05, 0) is 49.2 Å². The van der Waals surface area contributed by atoms with Crippen molar-refractivity contribution in [2.24, 2.45) is 5.92 Å². The lowest BCUT2D eigenvalue weighted by atomic mass is 10.1. The van der Waals surface area contributed by atoms with Crippen LogP contribution in [0.2, 0.25) is 5.02 Å². The molecule has 0 fully saturated rings. The molecule has 0 aliphatic carbocycles. The highest BCUT2D eigenvalue weighted by atomic mass is 35.5. The minimum atomic E-state index is -0.179. The summed E-state index contributed by atoms with van der Waals surface area (Å²) < 4.78 is 7.02. The van der Waals surface area contributed by atoms with E-state index in [1.165, 1.54) is 0 Å². The van der Waals surface area contributed by atoms with Crippen molar-refractivity contribution in [2.75, 3.05) is 0 Å². The Morgan fingerprint density at radius 2 is 1.92 bits per heavy atom. The number of aromatic nitrogens is 2. The van der Waals surface area contributed by atoms with Crippen LogP contribution in [-0.2, 0) is 0 Å². The number of carbonyl (C=O) groups excluding carboxylic acids is 1. The second kappa shape index (κ2) is 7.15. The molecule has 2 aromatic heterocycles. The molecule has 6 heteroatoms. The number of hydrogen-bond donors (Lipinski definition) is 1. The molecule has 1 amide bonds. The SMILES string of the molecule is CC(C)C(C)NC(=O)c1cc(-c2ccco2)nn1-c1ccc(Cl)cc1. The maximum atomic E-state index is 12.8. The van der Waals surface area contributed by atoms with E-state index in [2.05, 4.69) is 24.3 Å². The van der Waals surface area contributed by atoms with Gasteiger partial charge in [0, 0.05) is 17.1 Å². The van der Waals surface area contributed by atoms with Crippen molar-refractivity contribution >= 4 is 17.5 Å². The van der Waals surface area contributed by atoms with Crippen molar-refractivity contribution in [1.82, 2.24) is 15.1 Å². The number of benzene rings is 1. The molecule has 0 saturated heterocycles. The summed E-state index contributed by atoms with van der Waals surface area (Å²) in [7, 11) is 0. The first-order chi connectivity index (χ1) is 12.0. The molecule has 130 valence electrons. The highest BCUT2D eigenvalue weighted by Gasteiger charge is 2.20. The number of hydrogen-bond acceptors (Lipinski definition) is 3. The van der Waals surface area contributed by atoms with E-state index < -0.39 is 0 Å². The minimum absolute atomic E-state index is 0.0492. The fourth-order valence-electron chi connectivity index (χ4n) is 2.31. The van der Waals surface area contributed by atoms with Crippen molar-refractivity contribution in [2.45, 2.75) is 26.8 Å². The first kappa shape index (κ1) is 17.3. The van der Waals surface area contributed by atoms with Crippen LogP contribution in [0.5, 0.6) is 0 Å². The molecule has 3 aromatic rings. The zero-order chi connectivity index (χ0) is 18.0. The molecule has 0 spiro atoms. The van der Waals surface area contributed by atoms with Gasteiger partial charge in [0.1, 0.15) is 11.4 Å². The van der Waals surface area contributed by atoms with E-state index in [0.29, 0.717) is 28.1 Å². The molecular formula is C19H20ClN3O2. The molecule has 0 radical (unpaired) electrons. The first-order valence-electron chi connectivity index (χ1n) is 8.16. The molecule has 3 rings (SSSR count).